The Labute approximate surface area is 225 Å². The van der Waals surface area contributed by atoms with Gasteiger partial charge in [-0.2, -0.15) is 0 Å². The number of unbranched alkanes of at least 4 members (excludes halogenated alkanes) is 10. The second kappa shape index (κ2) is 12.0. The molecule has 4 aromatic rings. The molecule has 1 aliphatic carbocycles. The van der Waals surface area contributed by atoms with Crippen LogP contribution in [0.1, 0.15) is 115 Å². The van der Waals surface area contributed by atoms with Gasteiger partial charge in [-0.3, -0.25) is 0 Å². The van der Waals surface area contributed by atoms with Crippen LogP contribution in [0.15, 0.2) is 46.3 Å². The molecule has 0 radical (unpaired) electrons. The normalized spacial score (nSPS) is 14.1. The molecule has 0 aliphatic heterocycles. The fourth-order valence-electron chi connectivity index (χ4n) is 6.48. The molecular formula is C33H42Se2. The standard InChI is InChI=1S/C33H42Se2/c1-3-5-7-9-11-13-17-33(18-14-12-10-8-6-4-2)29-23-31-25(15-19-34-31)21-27(29)28-22-26-16-20-35-32(26)24-30(28)33/h15-16,19-24H,3-14,17-18H2,1-2H3. The van der Waals surface area contributed by atoms with Crippen LogP contribution in [0.5, 0.6) is 0 Å². The first kappa shape index (κ1) is 25.6. The Hall–Kier alpha value is -1.04. The molecule has 0 unspecified atom stereocenters. The van der Waals surface area contributed by atoms with E-state index in [4.69, 9.17) is 0 Å². The Kier molecular flexibility index (Phi) is 8.78. The third-order valence-corrected chi connectivity index (χ3v) is 12.1. The topological polar surface area (TPSA) is 0 Å². The predicted molar refractivity (Wildman–Crippen MR) is 158 cm³/mol. The molecule has 0 atom stereocenters. The van der Waals surface area contributed by atoms with Crippen LogP contribution in [-0.2, 0) is 5.41 Å². The third kappa shape index (κ3) is 5.33. The Balaban J connectivity index is 1.51. The van der Waals surface area contributed by atoms with Crippen molar-refractivity contribution in [1.82, 2.24) is 0 Å². The van der Waals surface area contributed by atoms with Gasteiger partial charge in [-0.15, -0.1) is 0 Å². The first-order chi connectivity index (χ1) is 17.3. The molecule has 35 heavy (non-hydrogen) atoms. The van der Waals surface area contributed by atoms with Crippen LogP contribution >= 0.6 is 0 Å². The molecule has 2 heterocycles. The van der Waals surface area contributed by atoms with Gasteiger partial charge in [0.2, 0.25) is 0 Å². The van der Waals surface area contributed by atoms with E-state index in [1.54, 1.807) is 30.8 Å². The zero-order valence-electron chi connectivity index (χ0n) is 21.8. The van der Waals surface area contributed by atoms with Gasteiger partial charge in [-0.1, -0.05) is 0 Å². The summed E-state index contributed by atoms with van der Waals surface area (Å²) in [7, 11) is 0. The zero-order valence-corrected chi connectivity index (χ0v) is 25.3. The van der Waals surface area contributed by atoms with Crippen molar-refractivity contribution in [1.29, 1.82) is 0 Å². The number of benzene rings is 2. The van der Waals surface area contributed by atoms with Crippen LogP contribution in [0.25, 0.3) is 30.4 Å². The molecule has 2 aromatic carbocycles. The van der Waals surface area contributed by atoms with Crippen molar-refractivity contribution in [3.8, 4) is 11.1 Å². The van der Waals surface area contributed by atoms with Gasteiger partial charge < -0.3 is 0 Å². The van der Waals surface area contributed by atoms with Crippen LogP contribution in [0.2, 0.25) is 0 Å². The van der Waals surface area contributed by atoms with Crippen molar-refractivity contribution in [3.05, 3.63) is 57.4 Å². The molecule has 0 saturated carbocycles. The third-order valence-electron chi connectivity index (χ3n) is 8.42. The Morgan fingerprint density at radius 2 is 0.971 bits per heavy atom. The molecule has 0 fully saturated rings. The molecule has 0 saturated heterocycles. The molecule has 1 aliphatic rings. The summed E-state index contributed by atoms with van der Waals surface area (Å²) in [6, 6.07) is 15.2. The molecule has 0 spiro atoms. The van der Waals surface area contributed by atoms with E-state index >= 15 is 0 Å². The molecular weight excluding hydrogens is 554 g/mol. The Morgan fingerprint density at radius 1 is 0.543 bits per heavy atom. The van der Waals surface area contributed by atoms with Gasteiger partial charge >= 0.3 is 226 Å². The summed E-state index contributed by atoms with van der Waals surface area (Å²) in [6.07, 6.45) is 19.4. The second-order valence-corrected chi connectivity index (χ2v) is 14.8. The molecule has 0 bridgehead atoms. The molecule has 2 aromatic heterocycles. The van der Waals surface area contributed by atoms with Crippen molar-refractivity contribution < 1.29 is 0 Å². The van der Waals surface area contributed by atoms with Crippen molar-refractivity contribution >= 4 is 48.3 Å². The van der Waals surface area contributed by atoms with Crippen LogP contribution < -0.4 is 0 Å². The minimum atomic E-state index is 0.238. The maximum absolute atomic E-state index is 2.67. The van der Waals surface area contributed by atoms with E-state index in [1.807, 2.05) is 0 Å². The average Bonchev–Trinajstić information content (AvgIpc) is 3.58. The van der Waals surface area contributed by atoms with Crippen molar-refractivity contribution in [2.24, 2.45) is 0 Å². The van der Waals surface area contributed by atoms with Crippen LogP contribution in [0.4, 0.5) is 0 Å². The van der Waals surface area contributed by atoms with E-state index in [0.29, 0.717) is 29.0 Å². The molecule has 2 heteroatoms. The summed E-state index contributed by atoms with van der Waals surface area (Å²) in [4.78, 5) is 4.84. The Morgan fingerprint density at radius 3 is 1.43 bits per heavy atom. The predicted octanol–water partition coefficient (Wildman–Crippen LogP) is 9.87. The zero-order chi connectivity index (χ0) is 24.1. The van der Waals surface area contributed by atoms with Crippen LogP contribution in [-0.4, -0.2) is 29.0 Å². The van der Waals surface area contributed by atoms with Gasteiger partial charge in [0.05, 0.1) is 0 Å². The van der Waals surface area contributed by atoms with Gasteiger partial charge in [-0.25, -0.2) is 0 Å². The van der Waals surface area contributed by atoms with E-state index in [-0.39, 0.29) is 5.41 Å². The first-order valence-corrected chi connectivity index (χ1v) is 18.0. The summed E-state index contributed by atoms with van der Waals surface area (Å²) < 4.78 is 3.24. The van der Waals surface area contributed by atoms with Gasteiger partial charge in [0, 0.05) is 0 Å². The summed E-state index contributed by atoms with van der Waals surface area (Å²) >= 11 is 1.03. The fraction of sp³-hybridized carbons (Fsp3) is 0.515. The van der Waals surface area contributed by atoms with Crippen molar-refractivity contribution in [2.45, 2.75) is 109 Å². The summed E-state index contributed by atoms with van der Waals surface area (Å²) in [5.41, 5.74) is 6.75. The number of fused-ring (bicyclic) bond motifs is 5. The average molecular weight is 597 g/mol. The first-order valence-electron chi connectivity index (χ1n) is 14.3. The molecule has 0 amide bonds. The number of hydrogen-bond donors (Lipinski definition) is 0. The number of rotatable bonds is 14. The minimum absolute atomic E-state index is 0.238. The number of hydrogen-bond acceptors (Lipinski definition) is 0. The summed E-state index contributed by atoms with van der Waals surface area (Å²) in [5.74, 6) is 0. The fourth-order valence-corrected chi connectivity index (χ4v) is 9.88. The van der Waals surface area contributed by atoms with Gasteiger partial charge in [-0.05, 0) is 0 Å². The van der Waals surface area contributed by atoms with E-state index in [9.17, 15) is 0 Å². The van der Waals surface area contributed by atoms with Crippen LogP contribution in [0, 0.1) is 0 Å². The van der Waals surface area contributed by atoms with Crippen LogP contribution in [0.3, 0.4) is 0 Å². The molecule has 5 rings (SSSR count). The maximum atomic E-state index is 2.67. The monoisotopic (exact) mass is 598 g/mol. The van der Waals surface area contributed by atoms with E-state index < -0.39 is 0 Å². The van der Waals surface area contributed by atoms with E-state index in [0.717, 1.165) is 0 Å². The summed E-state index contributed by atoms with van der Waals surface area (Å²) in [6.45, 7) is 4.65. The molecule has 186 valence electrons. The van der Waals surface area contributed by atoms with Gasteiger partial charge in [0.15, 0.2) is 0 Å². The molecule has 0 N–H and O–H groups in total. The van der Waals surface area contributed by atoms with E-state index in [1.165, 1.54) is 101 Å². The SMILES string of the molecule is CCCCCCCCC1(CCCCCCCC)c2cc3[se]ccc3cc2-c2cc3cc[se]c3cc21. The molecule has 0 nitrogen and oxygen atoms in total. The summed E-state index contributed by atoms with van der Waals surface area (Å²) in [5, 5.41) is 2.98. The Bertz CT molecular complexity index is 1140. The second-order valence-electron chi connectivity index (χ2n) is 10.8. The van der Waals surface area contributed by atoms with E-state index in [2.05, 4.69) is 60.1 Å². The van der Waals surface area contributed by atoms with Gasteiger partial charge in [0.25, 0.3) is 0 Å². The van der Waals surface area contributed by atoms with Crippen molar-refractivity contribution in [3.63, 3.8) is 0 Å². The quantitative estimate of drug-likeness (QED) is 0.100. The van der Waals surface area contributed by atoms with Gasteiger partial charge in [0.1, 0.15) is 0 Å². The van der Waals surface area contributed by atoms with Crippen molar-refractivity contribution in [2.75, 3.05) is 0 Å².